The van der Waals surface area contributed by atoms with Crippen LogP contribution in [-0.4, -0.2) is 30.0 Å². The highest BCUT2D eigenvalue weighted by molar-refractivity contribution is 5.13. The van der Waals surface area contributed by atoms with Gasteiger partial charge in [0.05, 0.1) is 24.9 Å². The molecule has 1 aliphatic heterocycles. The molecular formula is C16H24O3. The highest BCUT2D eigenvalue weighted by Gasteiger charge is 2.31. The lowest BCUT2D eigenvalue weighted by molar-refractivity contribution is 0.00528. The molecule has 0 spiro atoms. The minimum atomic E-state index is -0.303. The van der Waals surface area contributed by atoms with Gasteiger partial charge in [-0.1, -0.05) is 37.3 Å². The molecule has 0 bridgehead atoms. The Bertz CT molecular complexity index is 356. The van der Waals surface area contributed by atoms with E-state index in [4.69, 9.17) is 9.47 Å². The minimum absolute atomic E-state index is 0.0255. The van der Waals surface area contributed by atoms with Crippen molar-refractivity contribution in [1.82, 2.24) is 0 Å². The smallest absolute Gasteiger partial charge is 0.0823 e. The zero-order valence-electron chi connectivity index (χ0n) is 11.8. The van der Waals surface area contributed by atoms with Gasteiger partial charge in [0.25, 0.3) is 0 Å². The number of aliphatic hydroxyl groups excluding tert-OH is 1. The Morgan fingerprint density at radius 2 is 2.11 bits per heavy atom. The predicted molar refractivity (Wildman–Crippen MR) is 74.8 cm³/mol. The molecular weight excluding hydrogens is 240 g/mol. The predicted octanol–water partition coefficient (Wildman–Crippen LogP) is 2.77. The van der Waals surface area contributed by atoms with Crippen molar-refractivity contribution < 1.29 is 14.6 Å². The van der Waals surface area contributed by atoms with Gasteiger partial charge in [0.1, 0.15) is 0 Å². The summed E-state index contributed by atoms with van der Waals surface area (Å²) < 4.78 is 11.4. The van der Waals surface area contributed by atoms with Gasteiger partial charge in [0, 0.05) is 13.0 Å². The third-order valence-corrected chi connectivity index (χ3v) is 3.63. The number of ether oxygens (including phenoxy) is 2. The fourth-order valence-corrected chi connectivity index (χ4v) is 2.53. The summed E-state index contributed by atoms with van der Waals surface area (Å²) in [6.07, 6.45) is 1.56. The summed E-state index contributed by atoms with van der Waals surface area (Å²) in [5, 5.41) is 9.65. The van der Waals surface area contributed by atoms with E-state index in [1.54, 1.807) is 0 Å². The molecule has 1 N–H and O–H groups in total. The van der Waals surface area contributed by atoms with Crippen LogP contribution in [0.5, 0.6) is 0 Å². The van der Waals surface area contributed by atoms with E-state index < -0.39 is 0 Å². The first-order valence-electron chi connectivity index (χ1n) is 7.10. The third-order valence-electron chi connectivity index (χ3n) is 3.63. The second kappa shape index (κ2) is 7.04. The van der Waals surface area contributed by atoms with Crippen LogP contribution in [0.3, 0.4) is 0 Å². The minimum Gasteiger partial charge on any atom is -0.390 e. The normalized spacial score (nSPS) is 28.5. The molecule has 3 nitrogen and oxygen atoms in total. The molecule has 4 atom stereocenters. The van der Waals surface area contributed by atoms with Crippen LogP contribution in [0.1, 0.15) is 32.3 Å². The third kappa shape index (κ3) is 4.60. The van der Waals surface area contributed by atoms with Crippen molar-refractivity contribution in [2.24, 2.45) is 5.92 Å². The van der Waals surface area contributed by atoms with E-state index in [0.29, 0.717) is 12.5 Å². The lowest BCUT2D eigenvalue weighted by atomic mass is 10.0. The SMILES string of the molecule is C[C@@H](COCc1ccccc1)C[C@H]1C[C@H](O)[C@H](C)O1. The van der Waals surface area contributed by atoms with Crippen LogP contribution >= 0.6 is 0 Å². The number of rotatable bonds is 6. The summed E-state index contributed by atoms with van der Waals surface area (Å²) in [7, 11) is 0. The van der Waals surface area contributed by atoms with Crippen molar-refractivity contribution in [3.63, 3.8) is 0 Å². The molecule has 1 fully saturated rings. The van der Waals surface area contributed by atoms with Crippen molar-refractivity contribution in [1.29, 1.82) is 0 Å². The molecule has 0 aromatic heterocycles. The van der Waals surface area contributed by atoms with Crippen LogP contribution in [0.25, 0.3) is 0 Å². The van der Waals surface area contributed by atoms with E-state index in [1.807, 2.05) is 25.1 Å². The molecule has 0 aliphatic carbocycles. The lowest BCUT2D eigenvalue weighted by Gasteiger charge is -2.16. The zero-order valence-corrected chi connectivity index (χ0v) is 11.8. The van der Waals surface area contributed by atoms with Crippen molar-refractivity contribution in [3.8, 4) is 0 Å². The van der Waals surface area contributed by atoms with Gasteiger partial charge in [0.2, 0.25) is 0 Å². The van der Waals surface area contributed by atoms with Gasteiger partial charge in [0.15, 0.2) is 0 Å². The Hall–Kier alpha value is -0.900. The van der Waals surface area contributed by atoms with Gasteiger partial charge in [-0.2, -0.15) is 0 Å². The molecule has 19 heavy (non-hydrogen) atoms. The lowest BCUT2D eigenvalue weighted by Crippen LogP contribution is -2.16. The van der Waals surface area contributed by atoms with Crippen LogP contribution in [0, 0.1) is 5.92 Å². The first-order valence-corrected chi connectivity index (χ1v) is 7.10. The average molecular weight is 264 g/mol. The summed E-state index contributed by atoms with van der Waals surface area (Å²) in [5.41, 5.74) is 1.20. The fourth-order valence-electron chi connectivity index (χ4n) is 2.53. The van der Waals surface area contributed by atoms with Crippen molar-refractivity contribution in [2.45, 2.75) is 51.6 Å². The summed E-state index contributed by atoms with van der Waals surface area (Å²) in [6, 6.07) is 10.2. The maximum absolute atomic E-state index is 9.65. The molecule has 1 heterocycles. The fraction of sp³-hybridized carbons (Fsp3) is 0.625. The molecule has 1 aromatic rings. The van der Waals surface area contributed by atoms with Gasteiger partial charge in [-0.3, -0.25) is 0 Å². The summed E-state index contributed by atoms with van der Waals surface area (Å²) in [4.78, 5) is 0. The summed E-state index contributed by atoms with van der Waals surface area (Å²) in [6.45, 7) is 5.50. The molecule has 1 aromatic carbocycles. The van der Waals surface area contributed by atoms with E-state index in [-0.39, 0.29) is 18.3 Å². The molecule has 0 unspecified atom stereocenters. The van der Waals surface area contributed by atoms with Crippen molar-refractivity contribution in [2.75, 3.05) is 6.61 Å². The standard InChI is InChI=1S/C16H24O3/c1-12(8-15-9-16(17)13(2)19-15)10-18-11-14-6-4-3-5-7-14/h3-7,12-13,15-17H,8-11H2,1-2H3/t12-,13+,15+,16+/m1/s1. The second-order valence-corrected chi connectivity index (χ2v) is 5.61. The van der Waals surface area contributed by atoms with Crippen molar-refractivity contribution in [3.05, 3.63) is 35.9 Å². The van der Waals surface area contributed by atoms with Crippen LogP contribution < -0.4 is 0 Å². The topological polar surface area (TPSA) is 38.7 Å². The van der Waals surface area contributed by atoms with E-state index in [0.717, 1.165) is 19.4 Å². The van der Waals surface area contributed by atoms with Gasteiger partial charge >= 0.3 is 0 Å². The highest BCUT2D eigenvalue weighted by atomic mass is 16.5. The Balaban J connectivity index is 1.64. The molecule has 0 amide bonds. The first-order chi connectivity index (χ1) is 9.15. The van der Waals surface area contributed by atoms with E-state index in [9.17, 15) is 5.11 Å². The van der Waals surface area contributed by atoms with Gasteiger partial charge < -0.3 is 14.6 Å². The van der Waals surface area contributed by atoms with Crippen LogP contribution in [-0.2, 0) is 16.1 Å². The van der Waals surface area contributed by atoms with E-state index in [1.165, 1.54) is 5.56 Å². The molecule has 1 saturated heterocycles. The van der Waals surface area contributed by atoms with Gasteiger partial charge in [-0.25, -0.2) is 0 Å². The van der Waals surface area contributed by atoms with E-state index >= 15 is 0 Å². The molecule has 0 saturated carbocycles. The zero-order chi connectivity index (χ0) is 13.7. The molecule has 106 valence electrons. The molecule has 0 radical (unpaired) electrons. The number of hydrogen-bond acceptors (Lipinski definition) is 3. The number of hydrogen-bond donors (Lipinski definition) is 1. The van der Waals surface area contributed by atoms with Crippen LogP contribution in [0.2, 0.25) is 0 Å². The number of benzene rings is 1. The molecule has 1 aliphatic rings. The Morgan fingerprint density at radius 1 is 1.37 bits per heavy atom. The Kier molecular flexibility index (Phi) is 5.37. The maximum atomic E-state index is 9.65. The highest BCUT2D eigenvalue weighted by Crippen LogP contribution is 2.25. The van der Waals surface area contributed by atoms with Gasteiger partial charge in [-0.05, 0) is 24.8 Å². The average Bonchev–Trinajstić information content (AvgIpc) is 2.69. The number of aliphatic hydroxyl groups is 1. The monoisotopic (exact) mass is 264 g/mol. The largest absolute Gasteiger partial charge is 0.390 e. The summed E-state index contributed by atoms with van der Waals surface area (Å²) in [5.74, 6) is 0.450. The Morgan fingerprint density at radius 3 is 2.74 bits per heavy atom. The summed E-state index contributed by atoms with van der Waals surface area (Å²) >= 11 is 0. The maximum Gasteiger partial charge on any atom is 0.0823 e. The molecule has 3 heteroatoms. The van der Waals surface area contributed by atoms with Crippen LogP contribution in [0.15, 0.2) is 30.3 Å². The first kappa shape index (κ1) is 14.5. The van der Waals surface area contributed by atoms with Crippen LogP contribution in [0.4, 0.5) is 0 Å². The molecule has 2 rings (SSSR count). The quantitative estimate of drug-likeness (QED) is 0.858. The van der Waals surface area contributed by atoms with Gasteiger partial charge in [-0.15, -0.1) is 0 Å². The Labute approximate surface area is 115 Å². The van der Waals surface area contributed by atoms with Crippen molar-refractivity contribution >= 4 is 0 Å². The second-order valence-electron chi connectivity index (χ2n) is 5.61. The van der Waals surface area contributed by atoms with E-state index in [2.05, 4.69) is 19.1 Å².